The molecule has 0 radical (unpaired) electrons. The Hall–Kier alpha value is -1.00. The number of benzene rings is 1. The minimum Gasteiger partial charge on any atom is -0.394 e. The van der Waals surface area contributed by atoms with E-state index in [2.05, 4.69) is 36.5 Å². The summed E-state index contributed by atoms with van der Waals surface area (Å²) in [5.74, 6) is 1.25. The molecule has 20 heavy (non-hydrogen) atoms. The van der Waals surface area contributed by atoms with Gasteiger partial charge in [0.25, 0.3) is 0 Å². The van der Waals surface area contributed by atoms with Crippen LogP contribution in [0.5, 0.6) is 0 Å². The van der Waals surface area contributed by atoms with Gasteiger partial charge in [-0.15, -0.1) is 11.8 Å². The van der Waals surface area contributed by atoms with Crippen LogP contribution in [0.15, 0.2) is 29.2 Å². The van der Waals surface area contributed by atoms with Crippen LogP contribution >= 0.6 is 11.8 Å². The van der Waals surface area contributed by atoms with E-state index in [0.717, 1.165) is 18.6 Å². The van der Waals surface area contributed by atoms with Gasteiger partial charge in [-0.05, 0) is 44.7 Å². The van der Waals surface area contributed by atoms with Crippen molar-refractivity contribution in [3.8, 4) is 0 Å². The third-order valence-corrected chi connectivity index (χ3v) is 4.86. The molecule has 0 spiro atoms. The van der Waals surface area contributed by atoms with Crippen molar-refractivity contribution in [2.45, 2.75) is 43.5 Å². The first-order valence-corrected chi connectivity index (χ1v) is 8.13. The molecule has 2 rings (SSSR count). The number of amides is 1. The maximum atomic E-state index is 12.0. The average Bonchev–Trinajstić information content (AvgIpc) is 3.25. The van der Waals surface area contributed by atoms with Crippen LogP contribution in [0.1, 0.15) is 31.7 Å². The smallest absolute Gasteiger partial charge is 0.221 e. The fourth-order valence-corrected chi connectivity index (χ4v) is 3.12. The molecule has 0 heterocycles. The Morgan fingerprint density at radius 1 is 1.40 bits per heavy atom. The Balaban J connectivity index is 1.73. The van der Waals surface area contributed by atoms with Crippen LogP contribution in [0.2, 0.25) is 0 Å². The van der Waals surface area contributed by atoms with Gasteiger partial charge in [-0.2, -0.15) is 0 Å². The molecule has 0 aromatic heterocycles. The molecule has 1 aliphatic rings. The third-order valence-electron chi connectivity index (χ3n) is 3.85. The second-order valence-electron chi connectivity index (χ2n) is 5.81. The molecule has 3 nitrogen and oxygen atoms in total. The lowest BCUT2D eigenvalue weighted by Crippen LogP contribution is -2.50. The topological polar surface area (TPSA) is 49.3 Å². The number of hydrogen-bond donors (Lipinski definition) is 2. The number of aryl methyl sites for hydroxylation is 1. The first kappa shape index (κ1) is 15.4. The lowest BCUT2D eigenvalue weighted by atomic mass is 9.97. The third kappa shape index (κ3) is 4.25. The summed E-state index contributed by atoms with van der Waals surface area (Å²) in [7, 11) is 0. The highest BCUT2D eigenvalue weighted by Gasteiger charge is 2.41. The van der Waals surface area contributed by atoms with Gasteiger partial charge in [0.05, 0.1) is 12.1 Å². The Bertz CT molecular complexity index is 456. The van der Waals surface area contributed by atoms with E-state index in [-0.39, 0.29) is 12.5 Å². The van der Waals surface area contributed by atoms with Gasteiger partial charge in [0.15, 0.2) is 0 Å². The predicted octanol–water partition coefficient (Wildman–Crippen LogP) is 2.75. The molecule has 1 aromatic carbocycles. The minimum absolute atomic E-state index is 0.0223. The van der Waals surface area contributed by atoms with Crippen LogP contribution in [0.25, 0.3) is 0 Å². The molecular weight excluding hydrogens is 270 g/mol. The van der Waals surface area contributed by atoms with Gasteiger partial charge in [0, 0.05) is 17.1 Å². The maximum Gasteiger partial charge on any atom is 0.221 e. The largest absolute Gasteiger partial charge is 0.394 e. The molecule has 4 heteroatoms. The molecule has 0 aliphatic heterocycles. The zero-order valence-electron chi connectivity index (χ0n) is 12.2. The SMILES string of the molecule is Cc1ccc(SCCC(=O)NC(C)(CO)C2CC2)cc1. The van der Waals surface area contributed by atoms with Gasteiger partial charge in [0.1, 0.15) is 0 Å². The van der Waals surface area contributed by atoms with E-state index in [1.165, 1.54) is 10.5 Å². The molecule has 0 saturated heterocycles. The molecule has 1 saturated carbocycles. The van der Waals surface area contributed by atoms with Crippen molar-refractivity contribution in [2.75, 3.05) is 12.4 Å². The molecule has 1 fully saturated rings. The van der Waals surface area contributed by atoms with Crippen molar-refractivity contribution in [2.24, 2.45) is 5.92 Å². The summed E-state index contributed by atoms with van der Waals surface area (Å²) in [6, 6.07) is 8.33. The molecule has 1 amide bonds. The summed E-state index contributed by atoms with van der Waals surface area (Å²) < 4.78 is 0. The molecule has 1 atom stereocenters. The summed E-state index contributed by atoms with van der Waals surface area (Å²) >= 11 is 1.69. The summed E-state index contributed by atoms with van der Waals surface area (Å²) in [4.78, 5) is 13.1. The second kappa shape index (κ2) is 6.64. The van der Waals surface area contributed by atoms with E-state index < -0.39 is 5.54 Å². The van der Waals surface area contributed by atoms with E-state index in [0.29, 0.717) is 12.3 Å². The highest BCUT2D eigenvalue weighted by molar-refractivity contribution is 7.99. The van der Waals surface area contributed by atoms with Crippen LogP contribution < -0.4 is 5.32 Å². The average molecular weight is 293 g/mol. The predicted molar refractivity (Wildman–Crippen MR) is 82.9 cm³/mol. The number of thioether (sulfide) groups is 1. The number of hydrogen-bond acceptors (Lipinski definition) is 3. The zero-order valence-corrected chi connectivity index (χ0v) is 13.0. The van der Waals surface area contributed by atoms with Crippen molar-refractivity contribution < 1.29 is 9.90 Å². The molecule has 0 bridgehead atoms. The Morgan fingerprint density at radius 3 is 2.60 bits per heavy atom. The summed E-state index contributed by atoms with van der Waals surface area (Å²) in [5.41, 5.74) is 0.821. The molecule has 110 valence electrons. The van der Waals surface area contributed by atoms with E-state index >= 15 is 0 Å². The van der Waals surface area contributed by atoms with Crippen LogP contribution in [0, 0.1) is 12.8 Å². The normalized spacial score (nSPS) is 17.6. The van der Waals surface area contributed by atoms with Crippen molar-refractivity contribution in [3.05, 3.63) is 29.8 Å². The summed E-state index contributed by atoms with van der Waals surface area (Å²) in [6.45, 7) is 4.03. The molecule has 1 aliphatic carbocycles. The van der Waals surface area contributed by atoms with Crippen molar-refractivity contribution in [3.63, 3.8) is 0 Å². The monoisotopic (exact) mass is 293 g/mol. The van der Waals surface area contributed by atoms with E-state index in [1.54, 1.807) is 11.8 Å². The Labute approximate surface area is 125 Å². The Morgan fingerprint density at radius 2 is 2.05 bits per heavy atom. The lowest BCUT2D eigenvalue weighted by molar-refractivity contribution is -0.123. The van der Waals surface area contributed by atoms with Gasteiger partial charge in [-0.1, -0.05) is 17.7 Å². The Kier molecular flexibility index (Phi) is 5.11. The van der Waals surface area contributed by atoms with E-state index in [1.807, 2.05) is 6.92 Å². The number of rotatable bonds is 7. The van der Waals surface area contributed by atoms with E-state index in [9.17, 15) is 9.90 Å². The molecule has 1 aromatic rings. The van der Waals surface area contributed by atoms with Gasteiger partial charge >= 0.3 is 0 Å². The second-order valence-corrected chi connectivity index (χ2v) is 6.98. The van der Waals surface area contributed by atoms with Gasteiger partial charge < -0.3 is 10.4 Å². The van der Waals surface area contributed by atoms with Crippen molar-refractivity contribution >= 4 is 17.7 Å². The molecular formula is C16H23NO2S. The van der Waals surface area contributed by atoms with Gasteiger partial charge in [0.2, 0.25) is 5.91 Å². The number of carbonyl (C=O) groups is 1. The number of aliphatic hydroxyl groups excluding tert-OH is 1. The minimum atomic E-state index is -0.425. The number of carbonyl (C=O) groups excluding carboxylic acids is 1. The van der Waals surface area contributed by atoms with Crippen LogP contribution in [-0.4, -0.2) is 28.9 Å². The summed E-state index contributed by atoms with van der Waals surface area (Å²) in [5, 5.41) is 12.5. The zero-order chi connectivity index (χ0) is 14.6. The first-order valence-electron chi connectivity index (χ1n) is 7.15. The van der Waals surface area contributed by atoms with Crippen molar-refractivity contribution in [1.82, 2.24) is 5.32 Å². The quantitative estimate of drug-likeness (QED) is 0.760. The fourth-order valence-electron chi connectivity index (χ4n) is 2.27. The highest BCUT2D eigenvalue weighted by Crippen LogP contribution is 2.39. The van der Waals surface area contributed by atoms with Crippen LogP contribution in [0.3, 0.4) is 0 Å². The first-order chi connectivity index (χ1) is 9.53. The molecule has 1 unspecified atom stereocenters. The summed E-state index contributed by atoms with van der Waals surface area (Å²) in [6.07, 6.45) is 2.70. The van der Waals surface area contributed by atoms with Crippen LogP contribution in [0.4, 0.5) is 0 Å². The highest BCUT2D eigenvalue weighted by atomic mass is 32.2. The number of nitrogens with one attached hydrogen (secondary N) is 1. The van der Waals surface area contributed by atoms with Crippen molar-refractivity contribution in [1.29, 1.82) is 0 Å². The standard InChI is InChI=1S/C16H23NO2S/c1-12-3-7-14(8-4-12)20-10-9-15(19)17-16(2,11-18)13-5-6-13/h3-4,7-8,13,18H,5-6,9-11H2,1-2H3,(H,17,19). The van der Waals surface area contributed by atoms with Gasteiger partial charge in [-0.3, -0.25) is 4.79 Å². The molecule has 2 N–H and O–H groups in total. The maximum absolute atomic E-state index is 12.0. The fraction of sp³-hybridized carbons (Fsp3) is 0.562. The lowest BCUT2D eigenvalue weighted by Gasteiger charge is -2.28. The van der Waals surface area contributed by atoms with Gasteiger partial charge in [-0.25, -0.2) is 0 Å². The van der Waals surface area contributed by atoms with Crippen LogP contribution in [-0.2, 0) is 4.79 Å². The van der Waals surface area contributed by atoms with E-state index in [4.69, 9.17) is 0 Å². The number of aliphatic hydroxyl groups is 1.